The lowest BCUT2D eigenvalue weighted by atomic mass is 9.96. The highest BCUT2D eigenvalue weighted by molar-refractivity contribution is 7.09. The molecule has 0 radical (unpaired) electrons. The summed E-state index contributed by atoms with van der Waals surface area (Å²) >= 11 is 1.70. The lowest BCUT2D eigenvalue weighted by molar-refractivity contribution is 0.557. The summed E-state index contributed by atoms with van der Waals surface area (Å²) in [5.41, 5.74) is 3.88. The van der Waals surface area contributed by atoms with Crippen LogP contribution in [0.2, 0.25) is 0 Å². The Morgan fingerprint density at radius 1 is 1.05 bits per heavy atom. The van der Waals surface area contributed by atoms with Crippen molar-refractivity contribution in [2.75, 3.05) is 0 Å². The Hall–Kier alpha value is -1.75. The van der Waals surface area contributed by atoms with Gasteiger partial charge in [-0.05, 0) is 28.5 Å². The second kappa shape index (κ2) is 5.71. The standard InChI is InChI=1S/C16H15FN2S/c17-15-8-7-14(12-5-1-2-6-13(12)15)16(19-18)10-11-4-3-9-20-11/h1-9,16,19H,10,18H2. The van der Waals surface area contributed by atoms with Crippen LogP contribution in [0.5, 0.6) is 0 Å². The molecule has 0 aliphatic rings. The van der Waals surface area contributed by atoms with Gasteiger partial charge in [-0.25, -0.2) is 4.39 Å². The molecule has 4 heteroatoms. The fraction of sp³-hybridized carbons (Fsp3) is 0.125. The molecule has 3 aromatic rings. The third kappa shape index (κ3) is 2.45. The maximum absolute atomic E-state index is 13.9. The minimum absolute atomic E-state index is 0.0286. The number of fused-ring (bicyclic) bond motifs is 1. The second-order valence-electron chi connectivity index (χ2n) is 4.68. The largest absolute Gasteiger partial charge is 0.271 e. The van der Waals surface area contributed by atoms with Crippen molar-refractivity contribution in [3.8, 4) is 0 Å². The summed E-state index contributed by atoms with van der Waals surface area (Å²) in [5.74, 6) is 5.51. The van der Waals surface area contributed by atoms with E-state index in [9.17, 15) is 4.39 Å². The molecular weight excluding hydrogens is 271 g/mol. The van der Waals surface area contributed by atoms with Crippen molar-refractivity contribution in [3.63, 3.8) is 0 Å². The molecule has 102 valence electrons. The number of hydrazine groups is 1. The Kier molecular flexibility index (Phi) is 3.78. The van der Waals surface area contributed by atoms with Gasteiger partial charge in [-0.2, -0.15) is 0 Å². The molecule has 1 atom stereocenters. The molecule has 0 aliphatic carbocycles. The van der Waals surface area contributed by atoms with E-state index < -0.39 is 0 Å². The zero-order valence-corrected chi connectivity index (χ0v) is 11.7. The lowest BCUT2D eigenvalue weighted by Crippen LogP contribution is -2.29. The van der Waals surface area contributed by atoms with Crippen LogP contribution in [-0.4, -0.2) is 0 Å². The lowest BCUT2D eigenvalue weighted by Gasteiger charge is -2.18. The summed E-state index contributed by atoms with van der Waals surface area (Å²) in [6.45, 7) is 0. The van der Waals surface area contributed by atoms with Crippen LogP contribution in [-0.2, 0) is 6.42 Å². The Bertz CT molecular complexity index is 710. The molecule has 0 bridgehead atoms. The topological polar surface area (TPSA) is 38.0 Å². The first-order chi connectivity index (χ1) is 9.79. The average Bonchev–Trinajstić information content (AvgIpc) is 2.99. The van der Waals surface area contributed by atoms with Gasteiger partial charge in [-0.3, -0.25) is 11.3 Å². The van der Waals surface area contributed by atoms with Gasteiger partial charge in [0.2, 0.25) is 0 Å². The van der Waals surface area contributed by atoms with Crippen LogP contribution in [0.1, 0.15) is 16.5 Å². The maximum Gasteiger partial charge on any atom is 0.131 e. The van der Waals surface area contributed by atoms with Crippen LogP contribution >= 0.6 is 11.3 Å². The number of hydrogen-bond acceptors (Lipinski definition) is 3. The smallest absolute Gasteiger partial charge is 0.131 e. The molecular formula is C16H15FN2S. The van der Waals surface area contributed by atoms with Gasteiger partial charge >= 0.3 is 0 Å². The van der Waals surface area contributed by atoms with Gasteiger partial charge in [0.1, 0.15) is 5.82 Å². The van der Waals surface area contributed by atoms with Gasteiger partial charge < -0.3 is 0 Å². The van der Waals surface area contributed by atoms with Crippen LogP contribution < -0.4 is 11.3 Å². The van der Waals surface area contributed by atoms with Crippen molar-refractivity contribution in [1.82, 2.24) is 5.43 Å². The quantitative estimate of drug-likeness (QED) is 0.565. The zero-order chi connectivity index (χ0) is 13.9. The molecule has 0 saturated heterocycles. The molecule has 20 heavy (non-hydrogen) atoms. The summed E-state index contributed by atoms with van der Waals surface area (Å²) in [6, 6.07) is 14.9. The first-order valence-electron chi connectivity index (χ1n) is 6.45. The summed E-state index contributed by atoms with van der Waals surface area (Å²) in [4.78, 5) is 1.25. The maximum atomic E-state index is 13.9. The van der Waals surface area contributed by atoms with Crippen molar-refractivity contribution in [1.29, 1.82) is 0 Å². The highest BCUT2D eigenvalue weighted by Crippen LogP contribution is 2.29. The second-order valence-corrected chi connectivity index (χ2v) is 5.72. The summed E-state index contributed by atoms with van der Waals surface area (Å²) in [5, 5.41) is 3.59. The average molecular weight is 286 g/mol. The zero-order valence-electron chi connectivity index (χ0n) is 10.8. The Morgan fingerprint density at radius 3 is 2.55 bits per heavy atom. The van der Waals surface area contributed by atoms with Crippen LogP contribution in [0.15, 0.2) is 53.9 Å². The molecule has 2 nitrogen and oxygen atoms in total. The van der Waals surface area contributed by atoms with Crippen molar-refractivity contribution >= 4 is 22.1 Å². The molecule has 3 rings (SSSR count). The highest BCUT2D eigenvalue weighted by atomic mass is 32.1. The number of nitrogens with one attached hydrogen (secondary N) is 1. The van der Waals surface area contributed by atoms with Crippen molar-refractivity contribution < 1.29 is 4.39 Å². The summed E-state index contributed by atoms with van der Waals surface area (Å²) in [6.07, 6.45) is 0.795. The third-order valence-corrected chi connectivity index (χ3v) is 4.37. The molecule has 0 fully saturated rings. The number of benzene rings is 2. The minimum Gasteiger partial charge on any atom is -0.271 e. The van der Waals surface area contributed by atoms with E-state index in [2.05, 4.69) is 11.5 Å². The molecule has 1 heterocycles. The van der Waals surface area contributed by atoms with Crippen LogP contribution in [0.4, 0.5) is 4.39 Å². The number of halogens is 1. The molecule has 0 amide bonds. The highest BCUT2D eigenvalue weighted by Gasteiger charge is 2.15. The van der Waals surface area contributed by atoms with E-state index in [4.69, 9.17) is 5.84 Å². The number of nitrogens with two attached hydrogens (primary N) is 1. The van der Waals surface area contributed by atoms with Crippen molar-refractivity contribution in [2.45, 2.75) is 12.5 Å². The van der Waals surface area contributed by atoms with Crippen LogP contribution in [0.25, 0.3) is 10.8 Å². The predicted molar refractivity (Wildman–Crippen MR) is 82.0 cm³/mol. The Labute approximate surface area is 121 Å². The first kappa shape index (κ1) is 13.2. The molecule has 3 N–H and O–H groups in total. The van der Waals surface area contributed by atoms with Gasteiger partial charge in [0, 0.05) is 16.7 Å². The van der Waals surface area contributed by atoms with Crippen molar-refractivity contribution in [3.05, 3.63) is 70.2 Å². The van der Waals surface area contributed by atoms with Gasteiger partial charge in [0.15, 0.2) is 0 Å². The van der Waals surface area contributed by atoms with E-state index in [1.807, 2.05) is 35.7 Å². The first-order valence-corrected chi connectivity index (χ1v) is 7.33. The number of hydrogen-bond donors (Lipinski definition) is 2. The van der Waals surface area contributed by atoms with E-state index in [1.165, 1.54) is 10.9 Å². The van der Waals surface area contributed by atoms with E-state index in [-0.39, 0.29) is 11.9 Å². The normalized spacial score (nSPS) is 12.7. The van der Waals surface area contributed by atoms with E-state index >= 15 is 0 Å². The summed E-state index contributed by atoms with van der Waals surface area (Å²) in [7, 11) is 0. The third-order valence-electron chi connectivity index (χ3n) is 3.47. The molecule has 0 aliphatic heterocycles. The van der Waals surface area contributed by atoms with Gasteiger partial charge in [0.25, 0.3) is 0 Å². The SMILES string of the molecule is NNC(Cc1cccs1)c1ccc(F)c2ccccc12. The van der Waals surface area contributed by atoms with E-state index in [0.29, 0.717) is 5.39 Å². The fourth-order valence-corrected chi connectivity index (χ4v) is 3.23. The van der Waals surface area contributed by atoms with E-state index in [0.717, 1.165) is 17.4 Å². The molecule has 1 unspecified atom stereocenters. The van der Waals surface area contributed by atoms with Crippen LogP contribution in [0, 0.1) is 5.82 Å². The van der Waals surface area contributed by atoms with E-state index in [1.54, 1.807) is 17.4 Å². The monoisotopic (exact) mass is 286 g/mol. The molecule has 0 saturated carbocycles. The number of rotatable bonds is 4. The Balaban J connectivity index is 2.05. The van der Waals surface area contributed by atoms with Gasteiger partial charge in [0.05, 0.1) is 6.04 Å². The number of thiophene rings is 1. The summed E-state index contributed by atoms with van der Waals surface area (Å²) < 4.78 is 13.9. The van der Waals surface area contributed by atoms with Crippen molar-refractivity contribution in [2.24, 2.45) is 5.84 Å². The van der Waals surface area contributed by atoms with Gasteiger partial charge in [-0.1, -0.05) is 36.4 Å². The van der Waals surface area contributed by atoms with Gasteiger partial charge in [-0.15, -0.1) is 11.3 Å². The predicted octanol–water partition coefficient (Wildman–Crippen LogP) is 3.79. The fourth-order valence-electron chi connectivity index (χ4n) is 2.48. The molecule has 0 spiro atoms. The molecule has 1 aromatic heterocycles. The minimum atomic E-state index is -0.198. The molecule has 2 aromatic carbocycles. The van der Waals surface area contributed by atoms with Crippen LogP contribution in [0.3, 0.4) is 0 Å². The Morgan fingerprint density at radius 2 is 1.85 bits per heavy atom.